The van der Waals surface area contributed by atoms with Gasteiger partial charge in [-0.2, -0.15) is 11.8 Å². The fourth-order valence-corrected chi connectivity index (χ4v) is 12.3. The molecule has 0 amide bonds. The molecule has 282 valence electrons. The third kappa shape index (κ3) is 5.60. The summed E-state index contributed by atoms with van der Waals surface area (Å²) in [6.45, 7) is 16.1. The number of ketones is 1. The summed E-state index contributed by atoms with van der Waals surface area (Å²) in [5, 5.41) is 10.2. The van der Waals surface area contributed by atoms with Crippen LogP contribution in [-0.2, 0) is 35.3 Å². The predicted octanol–water partition coefficient (Wildman–Crippen LogP) is 7.72. The average molecular weight is 729 g/mol. The van der Waals surface area contributed by atoms with Gasteiger partial charge in [0.15, 0.2) is 23.9 Å². The molecule has 0 aliphatic heterocycles. The predicted molar refractivity (Wildman–Crippen MR) is 191 cm³/mol. The molecule has 10 nitrogen and oxygen atoms in total. The molecule has 51 heavy (non-hydrogen) atoms. The van der Waals surface area contributed by atoms with Crippen LogP contribution in [0, 0.1) is 50.2 Å². The van der Waals surface area contributed by atoms with Crippen LogP contribution in [0.4, 0.5) is 0 Å². The first-order valence-corrected chi connectivity index (χ1v) is 20.1. The molecule has 5 aliphatic rings. The van der Waals surface area contributed by atoms with Gasteiger partial charge < -0.3 is 23.4 Å². The number of carbonyl (C=O) groups excluding carboxylic acids is 3. The molecule has 4 fully saturated rings. The quantitative estimate of drug-likeness (QED) is 0.262. The van der Waals surface area contributed by atoms with Gasteiger partial charge in [-0.3, -0.25) is 19.2 Å². The number of fused-ring (bicyclic) bond motifs is 7. The summed E-state index contributed by atoms with van der Waals surface area (Å²) >= 11 is 1.35. The standard InChI is InChI=1S/C40H56O10S/c1-22(2)30-26(48-34(46)50-30)20-47-33(45)40(8)27-10-13-39(7)31(37(27,5)12-11-28(40)49-29(42)21-51-9)25(41)18-23-24-19-36(4,32(43)44)15-14-35(24,3)16-17-38(23,39)6/h18,22,24,27-28,31H,10-17,19-21H2,1-9H3,(H,43,44)/t24-,27+,28-,31+,35+,36-,37-,38+,39+,40-/m0/s1. The molecule has 1 N–H and O–H groups in total. The molecule has 11 heteroatoms. The number of hydrogen-bond acceptors (Lipinski definition) is 10. The minimum Gasteiger partial charge on any atom is -0.481 e. The lowest BCUT2D eigenvalue weighted by Gasteiger charge is -2.70. The zero-order valence-electron chi connectivity index (χ0n) is 31.8. The van der Waals surface area contributed by atoms with Crippen LogP contribution < -0.4 is 5.82 Å². The Morgan fingerprint density at radius 1 is 0.961 bits per heavy atom. The van der Waals surface area contributed by atoms with E-state index in [1.807, 2.05) is 40.0 Å². The van der Waals surface area contributed by atoms with Crippen molar-refractivity contribution < 1.29 is 42.6 Å². The third-order valence-corrected chi connectivity index (χ3v) is 15.7. The Balaban J connectivity index is 1.39. The number of carbonyl (C=O) groups is 4. The minimum absolute atomic E-state index is 0.00360. The molecule has 10 atom stereocenters. The fraction of sp³-hybridized carbons (Fsp3) is 0.775. The first kappa shape index (κ1) is 37.9. The molecular formula is C40H56O10S. The zero-order valence-corrected chi connectivity index (χ0v) is 32.6. The van der Waals surface area contributed by atoms with E-state index in [9.17, 15) is 29.1 Å². The van der Waals surface area contributed by atoms with Gasteiger partial charge in [0.2, 0.25) is 0 Å². The minimum atomic E-state index is -1.28. The van der Waals surface area contributed by atoms with Crippen molar-refractivity contribution in [1.82, 2.24) is 0 Å². The summed E-state index contributed by atoms with van der Waals surface area (Å²) in [7, 11) is 0. The average Bonchev–Trinajstić information content (AvgIpc) is 3.43. The van der Waals surface area contributed by atoms with Crippen LogP contribution >= 0.6 is 11.8 Å². The van der Waals surface area contributed by atoms with Crippen LogP contribution in [0.3, 0.4) is 0 Å². The van der Waals surface area contributed by atoms with Gasteiger partial charge in [-0.15, -0.1) is 0 Å². The molecule has 0 aromatic carbocycles. The van der Waals surface area contributed by atoms with Crippen LogP contribution in [0.25, 0.3) is 0 Å². The molecule has 4 saturated carbocycles. The Hall–Kier alpha value is -2.82. The Morgan fingerprint density at radius 2 is 1.65 bits per heavy atom. The molecular weight excluding hydrogens is 672 g/mol. The summed E-state index contributed by atoms with van der Waals surface area (Å²) in [6, 6.07) is 0. The van der Waals surface area contributed by atoms with Crippen LogP contribution in [0.1, 0.15) is 131 Å². The maximum Gasteiger partial charge on any atom is 0.519 e. The van der Waals surface area contributed by atoms with Crippen molar-refractivity contribution in [1.29, 1.82) is 0 Å². The SMILES string of the molecule is CSCC(=O)O[C@H]1CC[C@@]2(C)[C@@H](CC[C@]3(C)[C@@H]2C(=O)C=C2[C@@H]4C[C@@](C)(C(=O)O)CC[C@]4(C)CC[C@]23C)[C@]1(C)C(=O)OCc1oc(=O)oc1C(C)C. The summed E-state index contributed by atoms with van der Waals surface area (Å²) < 4.78 is 22.5. The topological polar surface area (TPSA) is 150 Å². The Morgan fingerprint density at radius 3 is 2.29 bits per heavy atom. The number of carboxylic acids is 1. The van der Waals surface area contributed by atoms with E-state index in [-0.39, 0.29) is 52.5 Å². The number of thioether (sulfide) groups is 1. The van der Waals surface area contributed by atoms with E-state index in [0.29, 0.717) is 44.3 Å². The van der Waals surface area contributed by atoms with Gasteiger partial charge in [0.25, 0.3) is 0 Å². The molecule has 1 aromatic heterocycles. The highest BCUT2D eigenvalue weighted by atomic mass is 32.2. The van der Waals surface area contributed by atoms with Gasteiger partial charge in [-0.25, -0.2) is 4.79 Å². The van der Waals surface area contributed by atoms with E-state index in [2.05, 4.69) is 27.7 Å². The highest BCUT2D eigenvalue weighted by Crippen LogP contribution is 2.75. The number of allylic oxidation sites excluding steroid dienone is 2. The molecule has 5 aliphatic carbocycles. The Labute approximate surface area is 305 Å². The number of carboxylic acid groups (broad SMARTS) is 1. The number of ether oxygens (including phenoxy) is 2. The van der Waals surface area contributed by atoms with Crippen molar-refractivity contribution in [2.24, 2.45) is 50.2 Å². The van der Waals surface area contributed by atoms with Crippen LogP contribution in [0.2, 0.25) is 0 Å². The monoisotopic (exact) mass is 728 g/mol. The third-order valence-electron chi connectivity index (χ3n) is 15.2. The van der Waals surface area contributed by atoms with E-state index in [1.54, 1.807) is 0 Å². The molecule has 0 spiro atoms. The van der Waals surface area contributed by atoms with E-state index in [4.69, 9.17) is 18.3 Å². The van der Waals surface area contributed by atoms with Crippen molar-refractivity contribution in [3.63, 3.8) is 0 Å². The van der Waals surface area contributed by atoms with Crippen molar-refractivity contribution in [2.75, 3.05) is 12.0 Å². The first-order valence-electron chi connectivity index (χ1n) is 18.7. The normalized spacial score (nSPS) is 41.8. The Bertz CT molecular complexity index is 1710. The fourth-order valence-electron chi connectivity index (χ4n) is 12.0. The summed E-state index contributed by atoms with van der Waals surface area (Å²) in [5.74, 6) is -2.84. The molecule has 1 aromatic rings. The van der Waals surface area contributed by atoms with E-state index < -0.39 is 57.4 Å². The molecule has 0 bridgehead atoms. The van der Waals surface area contributed by atoms with Crippen LogP contribution in [-0.4, -0.2) is 46.9 Å². The van der Waals surface area contributed by atoms with Crippen LogP contribution in [0.5, 0.6) is 0 Å². The molecule has 6 rings (SSSR count). The molecule has 0 unspecified atom stereocenters. The zero-order chi connectivity index (χ0) is 37.5. The second kappa shape index (κ2) is 12.7. The molecule has 1 heterocycles. The van der Waals surface area contributed by atoms with Crippen molar-refractivity contribution in [3.05, 3.63) is 33.8 Å². The Kier molecular flexibility index (Phi) is 9.41. The highest BCUT2D eigenvalue weighted by Gasteiger charge is 2.72. The molecule has 0 radical (unpaired) electrons. The van der Waals surface area contributed by atoms with Gasteiger partial charge in [0, 0.05) is 11.8 Å². The lowest BCUT2D eigenvalue weighted by Crippen LogP contribution is -2.68. The smallest absolute Gasteiger partial charge is 0.481 e. The summed E-state index contributed by atoms with van der Waals surface area (Å²) in [4.78, 5) is 66.8. The van der Waals surface area contributed by atoms with Gasteiger partial charge in [0.05, 0.1) is 11.2 Å². The maximum absolute atomic E-state index is 14.9. The summed E-state index contributed by atoms with van der Waals surface area (Å²) in [5.41, 5.74) is -2.44. The summed E-state index contributed by atoms with van der Waals surface area (Å²) in [6.07, 6.45) is 9.10. The van der Waals surface area contributed by atoms with E-state index >= 15 is 0 Å². The van der Waals surface area contributed by atoms with Crippen molar-refractivity contribution in [3.8, 4) is 0 Å². The highest BCUT2D eigenvalue weighted by molar-refractivity contribution is 7.99. The second-order valence-electron chi connectivity index (χ2n) is 18.3. The van der Waals surface area contributed by atoms with E-state index in [1.165, 1.54) is 11.8 Å². The van der Waals surface area contributed by atoms with Gasteiger partial charge in [-0.05, 0) is 117 Å². The maximum atomic E-state index is 14.9. The largest absolute Gasteiger partial charge is 0.519 e. The molecule has 0 saturated heterocycles. The van der Waals surface area contributed by atoms with Crippen molar-refractivity contribution >= 4 is 35.5 Å². The van der Waals surface area contributed by atoms with Gasteiger partial charge in [0.1, 0.15) is 11.5 Å². The first-order chi connectivity index (χ1) is 23.7. The van der Waals surface area contributed by atoms with Gasteiger partial charge in [-0.1, -0.05) is 47.1 Å². The second-order valence-corrected chi connectivity index (χ2v) is 19.1. The van der Waals surface area contributed by atoms with E-state index in [0.717, 1.165) is 24.8 Å². The van der Waals surface area contributed by atoms with Crippen molar-refractivity contribution in [2.45, 2.75) is 132 Å². The number of esters is 2. The number of rotatable bonds is 8. The van der Waals surface area contributed by atoms with Gasteiger partial charge >= 0.3 is 23.7 Å². The number of aliphatic carboxylic acids is 1. The number of hydrogen-bond donors (Lipinski definition) is 1. The lowest BCUT2D eigenvalue weighted by atomic mass is 9.33. The lowest BCUT2D eigenvalue weighted by molar-refractivity contribution is -0.224. The van der Waals surface area contributed by atoms with Crippen LogP contribution in [0.15, 0.2) is 25.3 Å².